The fourth-order valence-electron chi connectivity index (χ4n) is 2.08. The van der Waals surface area contributed by atoms with Gasteiger partial charge in [-0.1, -0.05) is 48.5 Å². The smallest absolute Gasteiger partial charge is 0.210 e. The average Bonchev–Trinajstić information content (AvgIpc) is 2.78. The average molecular weight is 248 g/mol. The SMILES string of the molecule is FC=C(F)F.c1ccc2c(c1)Cc1ccccc1-2. The molecule has 0 N–H and O–H groups in total. The van der Waals surface area contributed by atoms with Crippen LogP contribution in [0, 0.1) is 0 Å². The third-order valence-electron chi connectivity index (χ3n) is 2.79. The molecule has 0 saturated carbocycles. The Hall–Kier alpha value is -2.03. The Bertz CT molecular complexity index is 526. The van der Waals surface area contributed by atoms with Crippen molar-refractivity contribution in [3.63, 3.8) is 0 Å². The van der Waals surface area contributed by atoms with Gasteiger partial charge in [0.25, 0.3) is 6.08 Å². The summed E-state index contributed by atoms with van der Waals surface area (Å²) in [6.07, 6.45) is -1.93. The zero-order chi connectivity index (χ0) is 13.0. The number of hydrogen-bond acceptors (Lipinski definition) is 0. The van der Waals surface area contributed by atoms with E-state index in [0.29, 0.717) is 0 Å². The minimum absolute atomic E-state index is 0.750. The first-order chi connectivity index (χ1) is 8.72. The molecule has 0 atom stereocenters. The summed E-state index contributed by atoms with van der Waals surface area (Å²) in [6.45, 7) is 0. The van der Waals surface area contributed by atoms with Gasteiger partial charge in [0.05, 0.1) is 0 Å². The van der Waals surface area contributed by atoms with Gasteiger partial charge in [-0.3, -0.25) is 0 Å². The van der Waals surface area contributed by atoms with E-state index in [1.165, 1.54) is 22.3 Å². The van der Waals surface area contributed by atoms with E-state index in [0.717, 1.165) is 6.42 Å². The van der Waals surface area contributed by atoms with Gasteiger partial charge in [-0.25, -0.2) is 4.39 Å². The Balaban J connectivity index is 0.000000209. The highest BCUT2D eigenvalue weighted by molar-refractivity contribution is 5.76. The molecule has 0 saturated heterocycles. The Kier molecular flexibility index (Phi) is 3.82. The fourth-order valence-corrected chi connectivity index (χ4v) is 2.08. The quantitative estimate of drug-likeness (QED) is 0.528. The molecular weight excluding hydrogens is 237 g/mol. The number of hydrogen-bond donors (Lipinski definition) is 0. The molecule has 1 aliphatic rings. The van der Waals surface area contributed by atoms with Crippen LogP contribution in [0.1, 0.15) is 11.1 Å². The summed E-state index contributed by atoms with van der Waals surface area (Å²) in [5.74, 6) is 0. The van der Waals surface area contributed by atoms with Crippen molar-refractivity contribution in [1.82, 2.24) is 0 Å². The monoisotopic (exact) mass is 248 g/mol. The molecule has 0 heterocycles. The van der Waals surface area contributed by atoms with E-state index < -0.39 is 12.4 Å². The van der Waals surface area contributed by atoms with Gasteiger partial charge in [-0.2, -0.15) is 8.78 Å². The molecular formula is C15H11F3. The Labute approximate surface area is 103 Å². The molecule has 2 aromatic rings. The highest BCUT2D eigenvalue weighted by Crippen LogP contribution is 2.35. The molecule has 3 heteroatoms. The van der Waals surface area contributed by atoms with E-state index in [2.05, 4.69) is 48.5 Å². The second-order valence-corrected chi connectivity index (χ2v) is 3.89. The molecule has 0 amide bonds. The van der Waals surface area contributed by atoms with E-state index in [1.807, 2.05) is 0 Å². The lowest BCUT2D eigenvalue weighted by atomic mass is 10.1. The second kappa shape index (κ2) is 5.54. The van der Waals surface area contributed by atoms with Crippen LogP contribution in [0.15, 0.2) is 60.9 Å². The van der Waals surface area contributed by atoms with Crippen LogP contribution in [0.2, 0.25) is 0 Å². The van der Waals surface area contributed by atoms with Crippen molar-refractivity contribution in [1.29, 1.82) is 0 Å². The van der Waals surface area contributed by atoms with Crippen LogP contribution in [0.25, 0.3) is 11.1 Å². The molecule has 3 rings (SSSR count). The van der Waals surface area contributed by atoms with Crippen molar-refractivity contribution in [3.8, 4) is 11.1 Å². The topological polar surface area (TPSA) is 0 Å². The molecule has 18 heavy (non-hydrogen) atoms. The maximum absolute atomic E-state index is 10.2. The van der Waals surface area contributed by atoms with Crippen LogP contribution in [0.3, 0.4) is 0 Å². The second-order valence-electron chi connectivity index (χ2n) is 3.89. The Morgan fingerprint density at radius 2 is 1.22 bits per heavy atom. The van der Waals surface area contributed by atoms with Gasteiger partial charge in [-0.15, -0.1) is 0 Å². The Morgan fingerprint density at radius 3 is 1.61 bits per heavy atom. The van der Waals surface area contributed by atoms with Gasteiger partial charge in [0.1, 0.15) is 0 Å². The molecule has 0 aromatic heterocycles. The summed E-state index contributed by atoms with van der Waals surface area (Å²) in [7, 11) is 0. The van der Waals surface area contributed by atoms with Crippen LogP contribution in [-0.4, -0.2) is 0 Å². The van der Waals surface area contributed by atoms with E-state index in [9.17, 15) is 13.2 Å². The lowest BCUT2D eigenvalue weighted by molar-refractivity contribution is 0.400. The standard InChI is InChI=1S/C13H10.C2HF3/c1-3-7-12-10(5-1)9-11-6-2-4-8-13(11)12;3-1-2(4)5/h1-8H,9H2;1H. The van der Waals surface area contributed by atoms with E-state index >= 15 is 0 Å². The van der Waals surface area contributed by atoms with E-state index in [1.54, 1.807) is 0 Å². The molecule has 0 nitrogen and oxygen atoms in total. The first kappa shape index (κ1) is 12.4. The summed E-state index contributed by atoms with van der Waals surface area (Å²) in [5.41, 5.74) is 5.75. The minimum atomic E-state index is -2.29. The van der Waals surface area contributed by atoms with Gasteiger partial charge in [-0.05, 0) is 28.7 Å². The first-order valence-electron chi connectivity index (χ1n) is 5.50. The predicted octanol–water partition coefficient (Wildman–Crippen LogP) is 4.95. The maximum Gasteiger partial charge on any atom is 0.298 e. The van der Waals surface area contributed by atoms with E-state index in [4.69, 9.17) is 0 Å². The van der Waals surface area contributed by atoms with Crippen LogP contribution in [-0.2, 0) is 6.42 Å². The zero-order valence-electron chi connectivity index (χ0n) is 9.54. The molecule has 0 fully saturated rings. The number of rotatable bonds is 0. The molecule has 0 unspecified atom stereocenters. The van der Waals surface area contributed by atoms with Gasteiger partial charge in [0, 0.05) is 0 Å². The normalized spacial score (nSPS) is 10.8. The van der Waals surface area contributed by atoms with E-state index in [-0.39, 0.29) is 0 Å². The third-order valence-corrected chi connectivity index (χ3v) is 2.79. The van der Waals surface area contributed by atoms with Crippen LogP contribution in [0.5, 0.6) is 0 Å². The molecule has 1 aliphatic carbocycles. The molecule has 0 aliphatic heterocycles. The van der Waals surface area contributed by atoms with Gasteiger partial charge >= 0.3 is 0 Å². The van der Waals surface area contributed by atoms with Crippen molar-refractivity contribution in [3.05, 3.63) is 72.1 Å². The number of halogens is 3. The molecule has 0 bridgehead atoms. The minimum Gasteiger partial charge on any atom is -0.210 e. The van der Waals surface area contributed by atoms with Crippen molar-refractivity contribution in [2.45, 2.75) is 6.42 Å². The molecule has 2 aromatic carbocycles. The summed E-state index contributed by atoms with van der Waals surface area (Å²) >= 11 is 0. The predicted molar refractivity (Wildman–Crippen MR) is 66.1 cm³/mol. The number of benzene rings is 2. The third kappa shape index (κ3) is 2.62. The molecule has 92 valence electrons. The summed E-state index contributed by atoms with van der Waals surface area (Å²) in [6, 6.07) is 17.3. The molecule has 0 radical (unpaired) electrons. The van der Waals surface area contributed by atoms with Crippen molar-refractivity contribution in [2.75, 3.05) is 0 Å². The lowest BCUT2D eigenvalue weighted by Gasteiger charge is -1.98. The van der Waals surface area contributed by atoms with Crippen molar-refractivity contribution >= 4 is 0 Å². The van der Waals surface area contributed by atoms with Crippen molar-refractivity contribution in [2.24, 2.45) is 0 Å². The summed E-state index contributed by atoms with van der Waals surface area (Å²) in [4.78, 5) is 0. The summed E-state index contributed by atoms with van der Waals surface area (Å²) in [5, 5.41) is 0. The lowest BCUT2D eigenvalue weighted by Crippen LogP contribution is -1.77. The summed E-state index contributed by atoms with van der Waals surface area (Å²) < 4.78 is 30.7. The fraction of sp³-hybridized carbons (Fsp3) is 0.0667. The zero-order valence-corrected chi connectivity index (χ0v) is 9.54. The maximum atomic E-state index is 10.2. The molecule has 0 spiro atoms. The highest BCUT2D eigenvalue weighted by atomic mass is 19.3. The largest absolute Gasteiger partial charge is 0.298 e. The first-order valence-corrected chi connectivity index (χ1v) is 5.50. The number of fused-ring (bicyclic) bond motifs is 3. The van der Waals surface area contributed by atoms with Crippen LogP contribution in [0.4, 0.5) is 13.2 Å². The van der Waals surface area contributed by atoms with Gasteiger partial charge < -0.3 is 0 Å². The highest BCUT2D eigenvalue weighted by Gasteiger charge is 2.15. The van der Waals surface area contributed by atoms with Crippen molar-refractivity contribution < 1.29 is 13.2 Å². The van der Waals surface area contributed by atoms with Gasteiger partial charge in [0.15, 0.2) is 6.33 Å². The van der Waals surface area contributed by atoms with Crippen LogP contribution >= 0.6 is 0 Å². The Morgan fingerprint density at radius 1 is 0.833 bits per heavy atom. The van der Waals surface area contributed by atoms with Gasteiger partial charge in [0.2, 0.25) is 0 Å². The van der Waals surface area contributed by atoms with Crippen LogP contribution < -0.4 is 0 Å².